The first-order valence-electron chi connectivity index (χ1n) is 16.5. The fourth-order valence-corrected chi connectivity index (χ4v) is 12.2. The number of aliphatic hydroxyl groups excluding tert-OH is 1. The Balaban J connectivity index is 1.29. The van der Waals surface area contributed by atoms with Gasteiger partial charge in [0.05, 0.1) is 23.0 Å². The van der Waals surface area contributed by atoms with Crippen LogP contribution in [-0.4, -0.2) is 28.1 Å². The molecule has 5 fully saturated rings. The second kappa shape index (κ2) is 9.70. The van der Waals surface area contributed by atoms with Crippen LogP contribution < -0.4 is 5.43 Å². The van der Waals surface area contributed by atoms with Crippen molar-refractivity contribution in [3.05, 3.63) is 29.3 Å². The van der Waals surface area contributed by atoms with Crippen LogP contribution in [0.1, 0.15) is 120 Å². The number of hydrogen-bond donors (Lipinski definition) is 2. The fourth-order valence-electron chi connectivity index (χ4n) is 12.0. The maximum Gasteiger partial charge on any atom is 0.0693 e. The standard InChI is InChI=1S/C36H55ClN2O2/c1-31(2)16-10-17-36(8,41-31)25-13-19-35(7)30(25)26(40)22-28-33(5)18-15-29(39-38-24-12-9-11-23(37)21-24)32(3,4)27(33)14-20-34(28,35)6/h9,11-12,21,25-28,30,38,40H,10,13-20,22H2,1-8H3/b39-29+/t25-,26+,27-,28+,30-,33-,34+,35+,36+/m0/s1. The number of nitrogens with zero attached hydrogens (tertiary/aromatic N) is 1. The van der Waals surface area contributed by atoms with E-state index in [1.807, 2.05) is 24.3 Å². The third-order valence-corrected chi connectivity index (χ3v) is 14.3. The monoisotopic (exact) mass is 582 g/mol. The lowest BCUT2D eigenvalue weighted by molar-refractivity contribution is -0.244. The van der Waals surface area contributed by atoms with Crippen molar-refractivity contribution in [2.45, 2.75) is 137 Å². The van der Waals surface area contributed by atoms with Crippen LogP contribution in [0, 0.1) is 45.3 Å². The number of hydrazone groups is 1. The van der Waals surface area contributed by atoms with Gasteiger partial charge in [-0.25, -0.2) is 0 Å². The molecule has 1 aromatic carbocycles. The summed E-state index contributed by atoms with van der Waals surface area (Å²) in [6.07, 6.45) is 11.2. The van der Waals surface area contributed by atoms with Gasteiger partial charge in [-0.3, -0.25) is 5.43 Å². The minimum atomic E-state index is -0.255. The van der Waals surface area contributed by atoms with E-state index < -0.39 is 0 Å². The first-order valence-corrected chi connectivity index (χ1v) is 16.9. The molecule has 1 saturated heterocycles. The van der Waals surface area contributed by atoms with E-state index in [-0.39, 0.29) is 39.0 Å². The number of hydrogen-bond acceptors (Lipinski definition) is 4. The summed E-state index contributed by atoms with van der Waals surface area (Å²) in [6.45, 7) is 19.5. The summed E-state index contributed by atoms with van der Waals surface area (Å²) in [5.41, 5.74) is 5.87. The van der Waals surface area contributed by atoms with E-state index in [2.05, 4.69) is 60.8 Å². The highest BCUT2D eigenvalue weighted by Gasteiger charge is 2.71. The van der Waals surface area contributed by atoms with E-state index >= 15 is 0 Å². The van der Waals surface area contributed by atoms with Gasteiger partial charge in [0.2, 0.25) is 0 Å². The highest BCUT2D eigenvalue weighted by Crippen LogP contribution is 2.76. The molecule has 4 aliphatic carbocycles. The average Bonchev–Trinajstić information content (AvgIpc) is 3.25. The van der Waals surface area contributed by atoms with Crippen LogP contribution in [-0.2, 0) is 4.74 Å². The summed E-state index contributed by atoms with van der Waals surface area (Å²) in [6, 6.07) is 7.83. The number of rotatable bonds is 3. The van der Waals surface area contributed by atoms with Gasteiger partial charge in [-0.2, -0.15) is 5.10 Å². The minimum absolute atomic E-state index is 0.00415. The largest absolute Gasteiger partial charge is 0.393 e. The average molecular weight is 583 g/mol. The number of aliphatic hydroxyl groups is 1. The van der Waals surface area contributed by atoms with Gasteiger partial charge in [0, 0.05) is 16.1 Å². The first-order chi connectivity index (χ1) is 19.1. The molecule has 5 aliphatic rings. The topological polar surface area (TPSA) is 53.9 Å². The maximum atomic E-state index is 12.2. The van der Waals surface area contributed by atoms with E-state index in [9.17, 15) is 5.11 Å². The van der Waals surface area contributed by atoms with Gasteiger partial charge in [-0.15, -0.1) is 0 Å². The molecule has 1 aliphatic heterocycles. The third kappa shape index (κ3) is 4.47. The molecule has 1 heterocycles. The Hall–Kier alpha value is -1.10. The van der Waals surface area contributed by atoms with Crippen molar-refractivity contribution in [2.24, 2.45) is 50.4 Å². The van der Waals surface area contributed by atoms with E-state index in [0.717, 1.165) is 42.8 Å². The molecule has 0 spiro atoms. The van der Waals surface area contributed by atoms with Gasteiger partial charge in [-0.1, -0.05) is 52.3 Å². The predicted octanol–water partition coefficient (Wildman–Crippen LogP) is 9.50. The van der Waals surface area contributed by atoms with Crippen molar-refractivity contribution in [1.29, 1.82) is 0 Å². The number of halogens is 1. The zero-order valence-corrected chi connectivity index (χ0v) is 27.7. The predicted molar refractivity (Wildman–Crippen MR) is 170 cm³/mol. The molecule has 5 heteroatoms. The molecule has 41 heavy (non-hydrogen) atoms. The Bertz CT molecular complexity index is 1210. The Morgan fingerprint density at radius 3 is 2.34 bits per heavy atom. The van der Waals surface area contributed by atoms with Crippen LogP contribution in [0.2, 0.25) is 5.02 Å². The van der Waals surface area contributed by atoms with Crippen LogP contribution in [0.4, 0.5) is 5.69 Å². The fraction of sp³-hybridized carbons (Fsp3) is 0.806. The van der Waals surface area contributed by atoms with Gasteiger partial charge in [0.1, 0.15) is 0 Å². The maximum absolute atomic E-state index is 12.2. The van der Waals surface area contributed by atoms with Crippen LogP contribution in [0.15, 0.2) is 29.4 Å². The summed E-state index contributed by atoms with van der Waals surface area (Å²) in [5.74, 6) is 1.82. The molecular formula is C36H55ClN2O2. The highest BCUT2D eigenvalue weighted by molar-refractivity contribution is 6.30. The molecule has 9 atom stereocenters. The number of ether oxygens (including phenoxy) is 1. The summed E-state index contributed by atoms with van der Waals surface area (Å²) in [7, 11) is 0. The van der Waals surface area contributed by atoms with Gasteiger partial charge in [-0.05, 0) is 143 Å². The van der Waals surface area contributed by atoms with Crippen LogP contribution in [0.3, 0.4) is 0 Å². The summed E-state index contributed by atoms with van der Waals surface area (Å²) < 4.78 is 6.93. The summed E-state index contributed by atoms with van der Waals surface area (Å²) >= 11 is 6.23. The van der Waals surface area contributed by atoms with Gasteiger partial charge in [0.25, 0.3) is 0 Å². The lowest BCUT2D eigenvalue weighted by Gasteiger charge is -2.70. The molecule has 6 rings (SSSR count). The Labute approximate surface area is 254 Å². The van der Waals surface area contributed by atoms with Crippen molar-refractivity contribution in [2.75, 3.05) is 5.43 Å². The van der Waals surface area contributed by atoms with Gasteiger partial charge >= 0.3 is 0 Å². The second-order valence-corrected chi connectivity index (χ2v) is 17.3. The van der Waals surface area contributed by atoms with E-state index in [1.54, 1.807) is 0 Å². The zero-order valence-electron chi connectivity index (χ0n) is 26.9. The zero-order chi connectivity index (χ0) is 29.6. The summed E-state index contributed by atoms with van der Waals surface area (Å²) in [5, 5.41) is 17.9. The molecule has 2 N–H and O–H groups in total. The Kier molecular flexibility index (Phi) is 7.09. The van der Waals surface area contributed by atoms with Crippen molar-refractivity contribution in [3.63, 3.8) is 0 Å². The molecule has 0 amide bonds. The number of anilines is 1. The molecule has 1 aromatic rings. The van der Waals surface area contributed by atoms with E-state index in [4.69, 9.17) is 21.4 Å². The lowest BCUT2D eigenvalue weighted by Crippen LogP contribution is -2.66. The van der Waals surface area contributed by atoms with E-state index in [0.29, 0.717) is 23.7 Å². The second-order valence-electron chi connectivity index (χ2n) is 16.9. The van der Waals surface area contributed by atoms with Gasteiger partial charge in [0.15, 0.2) is 0 Å². The smallest absolute Gasteiger partial charge is 0.0693 e. The Morgan fingerprint density at radius 1 is 0.902 bits per heavy atom. The van der Waals surface area contributed by atoms with Crippen molar-refractivity contribution < 1.29 is 9.84 Å². The quantitative estimate of drug-likeness (QED) is 0.349. The molecule has 228 valence electrons. The Morgan fingerprint density at radius 2 is 1.63 bits per heavy atom. The molecule has 4 saturated carbocycles. The molecule has 0 radical (unpaired) electrons. The van der Waals surface area contributed by atoms with Crippen molar-refractivity contribution in [1.82, 2.24) is 0 Å². The van der Waals surface area contributed by atoms with Crippen molar-refractivity contribution in [3.8, 4) is 0 Å². The van der Waals surface area contributed by atoms with Crippen LogP contribution in [0.25, 0.3) is 0 Å². The molecule has 0 unspecified atom stereocenters. The van der Waals surface area contributed by atoms with Crippen LogP contribution in [0.5, 0.6) is 0 Å². The molecule has 4 nitrogen and oxygen atoms in total. The minimum Gasteiger partial charge on any atom is -0.393 e. The lowest BCUT2D eigenvalue weighted by atomic mass is 9.35. The summed E-state index contributed by atoms with van der Waals surface area (Å²) in [4.78, 5) is 0. The molecule has 0 bridgehead atoms. The molecule has 0 aromatic heterocycles. The number of benzene rings is 1. The normalized spacial score (nSPS) is 47.8. The first kappa shape index (κ1) is 29.9. The highest BCUT2D eigenvalue weighted by atomic mass is 35.5. The SMILES string of the molecule is CC1(C)CCC[C@](C)([C@H]2CC[C@]3(C)[C@@H]2[C@H](O)C[C@@H]2[C@@]4(C)CC/C(=N\Nc5cccc(Cl)c5)C(C)(C)[C@@H]4CC[C@]23C)O1. The third-order valence-electron chi connectivity index (χ3n) is 14.1. The van der Waals surface area contributed by atoms with Crippen molar-refractivity contribution >= 4 is 23.0 Å². The molecular weight excluding hydrogens is 528 g/mol. The number of nitrogens with one attached hydrogen (secondary N) is 1. The van der Waals surface area contributed by atoms with Gasteiger partial charge < -0.3 is 9.84 Å². The number of fused-ring (bicyclic) bond motifs is 5. The van der Waals surface area contributed by atoms with Crippen LogP contribution >= 0.6 is 11.6 Å². The van der Waals surface area contributed by atoms with E-state index in [1.165, 1.54) is 37.8 Å².